The van der Waals surface area contributed by atoms with E-state index in [0.29, 0.717) is 10.8 Å². The Labute approximate surface area is 245 Å². The Morgan fingerprint density at radius 1 is 0.707 bits per heavy atom. The molecule has 6 aromatic rings. The largest absolute Gasteiger partial charge is 0.507 e. The van der Waals surface area contributed by atoms with Gasteiger partial charge in [-0.25, -0.2) is 0 Å². The Kier molecular flexibility index (Phi) is 7.71. The van der Waals surface area contributed by atoms with Crippen LogP contribution in [0.3, 0.4) is 0 Å². The van der Waals surface area contributed by atoms with Crippen LogP contribution in [0.25, 0.3) is 38.0 Å². The number of nitrogens with zero attached hydrogens (tertiary/aromatic N) is 1. The van der Waals surface area contributed by atoms with Crippen molar-refractivity contribution >= 4 is 55.3 Å². The van der Waals surface area contributed by atoms with Gasteiger partial charge in [0.05, 0.1) is 5.52 Å². The number of benzene rings is 5. The normalized spacial score (nSPS) is 13.6. The molecule has 202 valence electrons. The Bertz CT molecular complexity index is 1930. The zero-order valence-electron chi connectivity index (χ0n) is 22.7. The van der Waals surface area contributed by atoms with Gasteiger partial charge in [-0.2, -0.15) is 0 Å². The minimum atomic E-state index is 0.350. The van der Waals surface area contributed by atoms with E-state index >= 15 is 0 Å². The topological polar surface area (TPSA) is 59.1 Å². The lowest BCUT2D eigenvalue weighted by Gasteiger charge is -2.25. The van der Waals surface area contributed by atoms with Crippen LogP contribution >= 0.6 is 11.6 Å². The van der Waals surface area contributed by atoms with Gasteiger partial charge in [-0.15, -0.1) is 0 Å². The van der Waals surface area contributed by atoms with E-state index < -0.39 is 0 Å². The summed E-state index contributed by atoms with van der Waals surface area (Å²) in [7, 11) is 0. The summed E-state index contributed by atoms with van der Waals surface area (Å²) in [6.07, 6.45) is 11.3. The molecule has 0 unspecified atom stereocenters. The van der Waals surface area contributed by atoms with Crippen molar-refractivity contribution in [2.45, 2.75) is 25.7 Å². The second-order valence-electron chi connectivity index (χ2n) is 10.3. The number of nitrogen functional groups attached to an aromatic ring is 1. The van der Waals surface area contributed by atoms with Crippen LogP contribution in [-0.2, 0) is 6.42 Å². The fourth-order valence-corrected chi connectivity index (χ4v) is 5.90. The van der Waals surface area contributed by atoms with Crippen LogP contribution in [0, 0.1) is 0 Å². The molecular formula is C37H31ClN2O. The fourth-order valence-electron chi connectivity index (χ4n) is 5.74. The third kappa shape index (κ3) is 5.68. The number of aryl methyl sites for hydroxylation is 1. The number of phenolic OH excluding ortho intramolecular Hbond substituents is 1. The summed E-state index contributed by atoms with van der Waals surface area (Å²) in [6.45, 7) is 0. The Balaban J connectivity index is 0.000000116. The van der Waals surface area contributed by atoms with Crippen LogP contribution in [-0.4, -0.2) is 10.1 Å². The molecule has 1 heterocycles. The van der Waals surface area contributed by atoms with E-state index in [1.54, 1.807) is 35.5 Å². The van der Waals surface area contributed by atoms with Crippen molar-refractivity contribution in [1.82, 2.24) is 4.98 Å². The van der Waals surface area contributed by atoms with Crippen molar-refractivity contribution in [3.05, 3.63) is 143 Å². The van der Waals surface area contributed by atoms with Gasteiger partial charge in [-0.05, 0) is 88.9 Å². The molecule has 0 saturated heterocycles. The molecule has 0 radical (unpaired) electrons. The van der Waals surface area contributed by atoms with Gasteiger partial charge in [-0.3, -0.25) is 4.98 Å². The zero-order chi connectivity index (χ0) is 28.2. The number of hydrogen-bond donors (Lipinski definition) is 2. The summed E-state index contributed by atoms with van der Waals surface area (Å²) in [5, 5.41) is 15.8. The summed E-state index contributed by atoms with van der Waals surface area (Å²) < 4.78 is 0. The molecule has 0 fully saturated rings. The molecule has 41 heavy (non-hydrogen) atoms. The molecule has 3 N–H and O–H groups in total. The maximum absolute atomic E-state index is 9.37. The second kappa shape index (κ2) is 11.9. The number of nitrogens with two attached hydrogens (primary N) is 1. The first kappa shape index (κ1) is 26.6. The summed E-state index contributed by atoms with van der Waals surface area (Å²) in [5.74, 6) is 0.350. The predicted molar refractivity (Wildman–Crippen MR) is 174 cm³/mol. The summed E-state index contributed by atoms with van der Waals surface area (Å²) in [6, 6.07) is 33.9. The van der Waals surface area contributed by atoms with Crippen molar-refractivity contribution in [2.24, 2.45) is 0 Å². The van der Waals surface area contributed by atoms with E-state index in [1.807, 2.05) is 48.5 Å². The van der Waals surface area contributed by atoms with E-state index in [9.17, 15) is 5.11 Å². The van der Waals surface area contributed by atoms with Crippen LogP contribution < -0.4 is 5.73 Å². The number of phenols is 1. The number of anilines is 1. The first-order valence-corrected chi connectivity index (χ1v) is 14.3. The average molecular weight is 555 g/mol. The molecule has 0 aliphatic heterocycles. The minimum Gasteiger partial charge on any atom is -0.507 e. The predicted octanol–water partition coefficient (Wildman–Crippen LogP) is 9.91. The number of fused-ring (bicyclic) bond motifs is 6. The molecule has 0 bridgehead atoms. The Morgan fingerprint density at radius 2 is 1.46 bits per heavy atom. The van der Waals surface area contributed by atoms with Crippen molar-refractivity contribution < 1.29 is 5.11 Å². The maximum Gasteiger partial charge on any atom is 0.123 e. The highest BCUT2D eigenvalue weighted by Crippen LogP contribution is 2.39. The zero-order valence-corrected chi connectivity index (χ0v) is 23.5. The molecule has 8 rings (SSSR count). The average Bonchev–Trinajstić information content (AvgIpc) is 3.02. The van der Waals surface area contributed by atoms with Gasteiger partial charge in [0.15, 0.2) is 0 Å². The highest BCUT2D eigenvalue weighted by molar-refractivity contribution is 6.31. The third-order valence-corrected chi connectivity index (χ3v) is 8.03. The smallest absolute Gasteiger partial charge is 0.123 e. The third-order valence-electron chi connectivity index (χ3n) is 7.79. The molecule has 4 heteroatoms. The number of allylic oxidation sites excluding steroid dienone is 4. The fraction of sp³-hybridized carbons (Fsp3) is 0.108. The lowest BCUT2D eigenvalue weighted by molar-refractivity contribution is 0.481. The molecule has 3 nitrogen and oxygen atoms in total. The molecule has 0 amide bonds. The Morgan fingerprint density at radius 3 is 2.29 bits per heavy atom. The lowest BCUT2D eigenvalue weighted by Crippen LogP contribution is -2.06. The van der Waals surface area contributed by atoms with E-state index in [1.165, 1.54) is 47.6 Å². The van der Waals surface area contributed by atoms with E-state index in [4.69, 9.17) is 17.3 Å². The molecule has 2 aliphatic carbocycles. The Hall–Kier alpha value is -4.60. The minimum absolute atomic E-state index is 0.350. The molecule has 5 aromatic carbocycles. The summed E-state index contributed by atoms with van der Waals surface area (Å²) in [5.41, 5.74) is 13.5. The van der Waals surface area contributed by atoms with Gasteiger partial charge < -0.3 is 10.8 Å². The van der Waals surface area contributed by atoms with Gasteiger partial charge in [0.1, 0.15) is 5.75 Å². The van der Waals surface area contributed by atoms with E-state index in [-0.39, 0.29) is 0 Å². The highest BCUT2D eigenvalue weighted by atomic mass is 35.5. The van der Waals surface area contributed by atoms with Crippen LogP contribution in [0.5, 0.6) is 5.75 Å². The number of hydrogen-bond acceptors (Lipinski definition) is 3. The quantitative estimate of drug-likeness (QED) is 0.196. The van der Waals surface area contributed by atoms with E-state index in [0.717, 1.165) is 27.4 Å². The number of aromatic nitrogens is 1. The first-order chi connectivity index (χ1) is 20.1. The van der Waals surface area contributed by atoms with Gasteiger partial charge in [0.25, 0.3) is 0 Å². The standard InChI is InChI=1S/C18H16.C10H8O.C9H7ClN2/c1-3-7-15-13(5-1)9-11-18-16-8-4-2-6-14(16)10-12-17(15)18;11-10-7-3-5-8-4-1-2-6-9(8)10;10-6-1-2-7-8(11)3-4-12-9(7)5-6/h1,3-5,7-9,11H,2,6,10,12H2;1-7,11H;1-5H,(H2,11,12). The summed E-state index contributed by atoms with van der Waals surface area (Å²) in [4.78, 5) is 4.14. The number of halogens is 1. The number of rotatable bonds is 0. The van der Waals surface area contributed by atoms with Gasteiger partial charge in [0, 0.05) is 27.7 Å². The second-order valence-corrected chi connectivity index (χ2v) is 10.8. The van der Waals surface area contributed by atoms with Crippen molar-refractivity contribution in [3.8, 4) is 5.75 Å². The van der Waals surface area contributed by atoms with Crippen LogP contribution in [0.15, 0.2) is 127 Å². The first-order valence-electron chi connectivity index (χ1n) is 13.9. The van der Waals surface area contributed by atoms with Crippen molar-refractivity contribution in [1.29, 1.82) is 0 Å². The number of pyridine rings is 1. The highest BCUT2D eigenvalue weighted by Gasteiger charge is 2.20. The SMILES string of the molecule is C1=CC2=C(CC1)CCc1c2ccc2ccccc12.Nc1ccnc2cc(Cl)ccc12.Oc1cccc2ccccc12. The van der Waals surface area contributed by atoms with Crippen LogP contribution in [0.2, 0.25) is 5.02 Å². The molecule has 1 aromatic heterocycles. The van der Waals surface area contributed by atoms with Crippen molar-refractivity contribution in [2.75, 3.05) is 5.73 Å². The molecule has 0 atom stereocenters. The van der Waals surface area contributed by atoms with Gasteiger partial charge >= 0.3 is 0 Å². The monoisotopic (exact) mass is 554 g/mol. The number of aromatic hydroxyl groups is 1. The maximum atomic E-state index is 9.37. The molecular weight excluding hydrogens is 524 g/mol. The molecule has 0 saturated carbocycles. The summed E-state index contributed by atoms with van der Waals surface area (Å²) >= 11 is 5.79. The van der Waals surface area contributed by atoms with Crippen molar-refractivity contribution in [3.63, 3.8) is 0 Å². The molecule has 0 spiro atoms. The van der Waals surface area contributed by atoms with Gasteiger partial charge in [-0.1, -0.05) is 102 Å². The van der Waals surface area contributed by atoms with Gasteiger partial charge in [0.2, 0.25) is 0 Å². The van der Waals surface area contributed by atoms with E-state index in [2.05, 4.69) is 53.5 Å². The van der Waals surface area contributed by atoms with Crippen LogP contribution in [0.4, 0.5) is 5.69 Å². The molecule has 2 aliphatic rings. The van der Waals surface area contributed by atoms with Crippen LogP contribution in [0.1, 0.15) is 30.4 Å². The lowest BCUT2D eigenvalue weighted by atomic mass is 9.80.